The average Bonchev–Trinajstić information content (AvgIpc) is 2.86. The number of fused-ring (bicyclic) bond motifs is 1. The van der Waals surface area contributed by atoms with Gasteiger partial charge >= 0.3 is 0 Å². The second kappa shape index (κ2) is 10.6. The number of aromatic nitrogens is 2. The minimum absolute atomic E-state index is 0.0196. The van der Waals surface area contributed by atoms with Gasteiger partial charge in [-0.05, 0) is 56.1 Å². The average molecular weight is 509 g/mol. The predicted molar refractivity (Wildman–Crippen MR) is 143 cm³/mol. The Morgan fingerprint density at radius 2 is 1.75 bits per heavy atom. The van der Waals surface area contributed by atoms with Crippen LogP contribution in [-0.2, 0) is 20.6 Å². The zero-order valence-corrected chi connectivity index (χ0v) is 21.8. The number of rotatable bonds is 9. The molecule has 10 heteroatoms. The normalized spacial score (nSPS) is 15.8. The first-order chi connectivity index (χ1) is 17.2. The zero-order chi connectivity index (χ0) is 25.9. The number of para-hydroxylation sites is 1. The Kier molecular flexibility index (Phi) is 7.56. The number of nitrogens with one attached hydrogen (secondary N) is 2. The topological polar surface area (TPSA) is 108 Å². The molecule has 0 fully saturated rings. The number of benzene rings is 2. The summed E-state index contributed by atoms with van der Waals surface area (Å²) in [6.07, 6.45) is 2.60. The lowest BCUT2D eigenvalue weighted by Crippen LogP contribution is -2.51. The highest BCUT2D eigenvalue weighted by atomic mass is 32.2. The lowest BCUT2D eigenvalue weighted by Gasteiger charge is -2.40. The molecule has 0 radical (unpaired) electrons. The zero-order valence-electron chi connectivity index (χ0n) is 21.0. The summed E-state index contributed by atoms with van der Waals surface area (Å²) in [7, 11) is -1.94. The molecule has 36 heavy (non-hydrogen) atoms. The molecule has 190 valence electrons. The van der Waals surface area contributed by atoms with Crippen molar-refractivity contribution in [1.29, 1.82) is 0 Å². The van der Waals surface area contributed by atoms with E-state index in [1.807, 2.05) is 37.3 Å². The molecule has 1 amide bonds. The molecule has 2 aromatic carbocycles. The van der Waals surface area contributed by atoms with Crippen LogP contribution in [0.5, 0.6) is 0 Å². The van der Waals surface area contributed by atoms with Gasteiger partial charge in [-0.1, -0.05) is 44.2 Å². The Morgan fingerprint density at radius 1 is 1.06 bits per heavy atom. The Labute approximate surface area is 212 Å². The van der Waals surface area contributed by atoms with Gasteiger partial charge in [-0.25, -0.2) is 18.1 Å². The van der Waals surface area contributed by atoms with Gasteiger partial charge in [0.25, 0.3) is 5.91 Å². The van der Waals surface area contributed by atoms with Crippen LogP contribution in [0, 0.1) is 5.92 Å². The molecule has 1 unspecified atom stereocenters. The molecule has 1 aliphatic rings. The van der Waals surface area contributed by atoms with Crippen LogP contribution >= 0.6 is 0 Å². The van der Waals surface area contributed by atoms with Crippen LogP contribution in [0.15, 0.2) is 60.8 Å². The van der Waals surface area contributed by atoms with Crippen LogP contribution in [0.3, 0.4) is 0 Å². The van der Waals surface area contributed by atoms with E-state index in [1.54, 1.807) is 35.4 Å². The van der Waals surface area contributed by atoms with Crippen LogP contribution in [-0.4, -0.2) is 43.9 Å². The van der Waals surface area contributed by atoms with Gasteiger partial charge in [0, 0.05) is 17.9 Å². The molecule has 1 atom stereocenters. The van der Waals surface area contributed by atoms with Gasteiger partial charge in [0.2, 0.25) is 16.0 Å². The number of carbonyl (C=O) groups excluding carboxylic acids is 1. The summed E-state index contributed by atoms with van der Waals surface area (Å²) >= 11 is 0. The Morgan fingerprint density at radius 3 is 2.39 bits per heavy atom. The minimum atomic E-state index is -3.34. The van der Waals surface area contributed by atoms with Crippen molar-refractivity contribution in [3.05, 3.63) is 66.4 Å². The van der Waals surface area contributed by atoms with E-state index in [1.165, 1.54) is 7.05 Å². The molecular weight excluding hydrogens is 476 g/mol. The Balaban J connectivity index is 1.66. The molecule has 0 aliphatic carbocycles. The highest BCUT2D eigenvalue weighted by Gasteiger charge is 2.37. The number of carbonyl (C=O) groups is 1. The largest absolute Gasteiger partial charge is 0.343 e. The fraction of sp³-hybridized carbons (Fsp3) is 0.346. The van der Waals surface area contributed by atoms with Crippen LogP contribution in [0.2, 0.25) is 0 Å². The third-order valence-electron chi connectivity index (χ3n) is 6.15. The number of nitrogens with zero attached hydrogens (tertiary/aromatic N) is 4. The molecule has 0 bridgehead atoms. The van der Waals surface area contributed by atoms with Crippen molar-refractivity contribution in [3.8, 4) is 0 Å². The minimum Gasteiger partial charge on any atom is -0.343 e. The fourth-order valence-corrected chi connectivity index (χ4v) is 4.84. The summed E-state index contributed by atoms with van der Waals surface area (Å²) in [6, 6.07) is 16.2. The maximum absolute atomic E-state index is 13.4. The first-order valence-electron chi connectivity index (χ1n) is 12.0. The van der Waals surface area contributed by atoms with Gasteiger partial charge in [0.05, 0.1) is 11.9 Å². The van der Waals surface area contributed by atoms with Gasteiger partial charge in [-0.2, -0.15) is 4.98 Å². The molecule has 9 nitrogen and oxygen atoms in total. The third-order valence-corrected chi connectivity index (χ3v) is 7.48. The summed E-state index contributed by atoms with van der Waals surface area (Å²) in [5, 5.41) is 3.21. The highest BCUT2D eigenvalue weighted by molar-refractivity contribution is 7.88. The number of amides is 1. The van der Waals surface area contributed by atoms with E-state index in [0.29, 0.717) is 35.5 Å². The summed E-state index contributed by atoms with van der Waals surface area (Å²) in [5.41, 5.74) is 2.82. The molecular formula is C26H32N6O3S. The van der Waals surface area contributed by atoms with E-state index in [9.17, 15) is 13.2 Å². The van der Waals surface area contributed by atoms with Crippen molar-refractivity contribution < 1.29 is 13.2 Å². The third kappa shape index (κ3) is 5.66. The van der Waals surface area contributed by atoms with Crippen molar-refractivity contribution in [1.82, 2.24) is 14.7 Å². The summed E-state index contributed by atoms with van der Waals surface area (Å²) < 4.78 is 25.9. The molecule has 0 saturated heterocycles. The second-order valence-electron chi connectivity index (χ2n) is 9.25. The molecule has 1 aliphatic heterocycles. The number of hydrogen-bond donors (Lipinski definition) is 2. The summed E-state index contributed by atoms with van der Waals surface area (Å²) in [6.45, 7) is 6.93. The van der Waals surface area contributed by atoms with E-state index in [4.69, 9.17) is 4.98 Å². The molecule has 2 heterocycles. The smallest absolute Gasteiger partial charge is 0.254 e. The second-order valence-corrected chi connectivity index (χ2v) is 11.2. The molecule has 0 saturated carbocycles. The number of hydrogen-bond acceptors (Lipinski definition) is 7. The van der Waals surface area contributed by atoms with Crippen LogP contribution < -0.4 is 19.8 Å². The van der Waals surface area contributed by atoms with E-state index in [-0.39, 0.29) is 17.7 Å². The first-order valence-corrected chi connectivity index (χ1v) is 13.6. The predicted octanol–water partition coefficient (Wildman–Crippen LogP) is 4.19. The van der Waals surface area contributed by atoms with Crippen molar-refractivity contribution in [2.75, 3.05) is 28.7 Å². The maximum atomic E-state index is 13.4. The van der Waals surface area contributed by atoms with Crippen LogP contribution in [0.1, 0.15) is 32.8 Å². The standard InChI is InChI=1S/C26H32N6O3S/c1-18(2)14-15-31-19(3)25(33)32(22-8-6-5-7-9-22)23-16-28-26(30-24(23)31)29-21-12-10-20(11-13-21)17-36(34,35)27-4/h5-13,16,18-19,27H,14-15,17H2,1-4H3,(H,28,29,30). The van der Waals surface area contributed by atoms with Crippen molar-refractivity contribution in [2.45, 2.75) is 39.0 Å². The summed E-state index contributed by atoms with van der Waals surface area (Å²) in [5.74, 6) is 1.46. The lowest BCUT2D eigenvalue weighted by molar-refractivity contribution is -0.119. The summed E-state index contributed by atoms with van der Waals surface area (Å²) in [4.78, 5) is 26.5. The van der Waals surface area contributed by atoms with E-state index in [2.05, 4.69) is 33.8 Å². The maximum Gasteiger partial charge on any atom is 0.254 e. The van der Waals surface area contributed by atoms with Crippen molar-refractivity contribution in [2.24, 2.45) is 5.92 Å². The number of sulfonamides is 1. The van der Waals surface area contributed by atoms with Crippen molar-refractivity contribution >= 4 is 44.8 Å². The van der Waals surface area contributed by atoms with E-state index >= 15 is 0 Å². The van der Waals surface area contributed by atoms with Crippen molar-refractivity contribution in [3.63, 3.8) is 0 Å². The Bertz CT molecular complexity index is 1310. The molecule has 3 aromatic rings. The van der Waals surface area contributed by atoms with Gasteiger partial charge in [0.1, 0.15) is 11.7 Å². The van der Waals surface area contributed by atoms with Crippen LogP contribution in [0.25, 0.3) is 0 Å². The van der Waals surface area contributed by atoms with E-state index in [0.717, 1.165) is 17.8 Å². The fourth-order valence-electron chi connectivity index (χ4n) is 4.06. The van der Waals surface area contributed by atoms with E-state index < -0.39 is 10.0 Å². The highest BCUT2D eigenvalue weighted by Crippen LogP contribution is 2.39. The molecule has 2 N–H and O–H groups in total. The lowest BCUT2D eigenvalue weighted by atomic mass is 10.1. The van der Waals surface area contributed by atoms with Gasteiger partial charge in [0.15, 0.2) is 5.82 Å². The quantitative estimate of drug-likeness (QED) is 0.446. The monoisotopic (exact) mass is 508 g/mol. The molecule has 1 aromatic heterocycles. The van der Waals surface area contributed by atoms with Gasteiger partial charge in [-0.15, -0.1) is 0 Å². The SMILES string of the molecule is CNS(=O)(=O)Cc1ccc(Nc2ncc3c(n2)N(CCC(C)C)C(C)C(=O)N3c2ccccc2)cc1. The van der Waals surface area contributed by atoms with Gasteiger partial charge in [-0.3, -0.25) is 9.69 Å². The van der Waals surface area contributed by atoms with Gasteiger partial charge < -0.3 is 10.2 Å². The molecule has 4 rings (SSSR count). The molecule has 0 spiro atoms. The first kappa shape index (κ1) is 25.6. The van der Waals surface area contributed by atoms with Crippen LogP contribution in [0.4, 0.5) is 28.8 Å². The number of anilines is 5. The Hall–Kier alpha value is -3.50.